The summed E-state index contributed by atoms with van der Waals surface area (Å²) in [4.78, 5) is 16.7. The van der Waals surface area contributed by atoms with E-state index in [0.29, 0.717) is 31.0 Å². The van der Waals surface area contributed by atoms with E-state index in [1.807, 2.05) is 0 Å². The molecule has 1 heterocycles. The summed E-state index contributed by atoms with van der Waals surface area (Å²) in [7, 11) is -3.30. The maximum atomic E-state index is 12.3. The van der Waals surface area contributed by atoms with Gasteiger partial charge in [0.1, 0.15) is 5.52 Å². The lowest BCUT2D eigenvalue weighted by Gasteiger charge is -2.03. The molecule has 1 amide bonds. The van der Waals surface area contributed by atoms with E-state index >= 15 is 0 Å². The van der Waals surface area contributed by atoms with Gasteiger partial charge in [-0.25, -0.2) is 13.4 Å². The van der Waals surface area contributed by atoms with E-state index in [4.69, 9.17) is 23.2 Å². The molecule has 0 aliphatic heterocycles. The SMILES string of the molecule is CS(=O)(=O)c1ccc(C(=O)Nc2nc3c(Cl)ccc(Cl)c3s2)cc1. The molecule has 0 radical (unpaired) electrons. The van der Waals surface area contributed by atoms with Crippen molar-refractivity contribution in [3.63, 3.8) is 0 Å². The number of benzene rings is 2. The largest absolute Gasteiger partial charge is 0.298 e. The maximum Gasteiger partial charge on any atom is 0.257 e. The summed E-state index contributed by atoms with van der Waals surface area (Å²) >= 11 is 13.4. The molecule has 0 aliphatic rings. The van der Waals surface area contributed by atoms with Crippen LogP contribution in [-0.2, 0) is 9.84 Å². The van der Waals surface area contributed by atoms with Crippen molar-refractivity contribution < 1.29 is 13.2 Å². The predicted octanol–water partition coefficient (Wildman–Crippen LogP) is 4.26. The molecule has 0 aliphatic carbocycles. The number of nitrogens with zero attached hydrogens (tertiary/aromatic N) is 1. The Labute approximate surface area is 152 Å². The Hall–Kier alpha value is -1.67. The van der Waals surface area contributed by atoms with Crippen LogP contribution in [0.2, 0.25) is 10.0 Å². The Morgan fingerprint density at radius 2 is 1.71 bits per heavy atom. The fourth-order valence-corrected chi connectivity index (χ4v) is 4.07. The molecular formula is C15H10Cl2N2O3S2. The summed E-state index contributed by atoms with van der Waals surface area (Å²) in [6, 6.07) is 8.96. The molecule has 9 heteroatoms. The third-order valence-corrected chi connectivity index (χ3v) is 6.08. The number of nitrogens with one attached hydrogen (secondary N) is 1. The first-order valence-electron chi connectivity index (χ1n) is 6.62. The summed E-state index contributed by atoms with van der Waals surface area (Å²) in [5, 5.41) is 3.97. The number of hydrogen-bond donors (Lipinski definition) is 1. The smallest absolute Gasteiger partial charge is 0.257 e. The monoisotopic (exact) mass is 400 g/mol. The van der Waals surface area contributed by atoms with Crippen LogP contribution in [0.15, 0.2) is 41.3 Å². The Morgan fingerprint density at radius 1 is 1.08 bits per heavy atom. The number of halogens is 2. The van der Waals surface area contributed by atoms with E-state index in [0.717, 1.165) is 6.26 Å². The molecule has 0 spiro atoms. The highest BCUT2D eigenvalue weighted by molar-refractivity contribution is 7.90. The van der Waals surface area contributed by atoms with Crippen LogP contribution in [0.4, 0.5) is 5.13 Å². The zero-order valence-corrected chi connectivity index (χ0v) is 15.4. The number of sulfone groups is 1. The highest BCUT2D eigenvalue weighted by atomic mass is 35.5. The summed E-state index contributed by atoms with van der Waals surface area (Å²) in [6.07, 6.45) is 1.11. The van der Waals surface area contributed by atoms with Crippen molar-refractivity contribution in [2.45, 2.75) is 4.90 Å². The van der Waals surface area contributed by atoms with E-state index in [9.17, 15) is 13.2 Å². The molecule has 0 saturated heterocycles. The van der Waals surface area contributed by atoms with Gasteiger partial charge in [0, 0.05) is 11.8 Å². The molecular weight excluding hydrogens is 391 g/mol. The third kappa shape index (κ3) is 3.39. The number of fused-ring (bicyclic) bond motifs is 1. The van der Waals surface area contributed by atoms with Gasteiger partial charge in [0.2, 0.25) is 0 Å². The summed E-state index contributed by atoms with van der Waals surface area (Å²) in [6.45, 7) is 0. The number of hydrogen-bond acceptors (Lipinski definition) is 5. The molecule has 0 fully saturated rings. The van der Waals surface area contributed by atoms with Gasteiger partial charge in [-0.2, -0.15) is 0 Å². The van der Waals surface area contributed by atoms with Gasteiger partial charge in [0.25, 0.3) is 5.91 Å². The molecule has 0 atom stereocenters. The van der Waals surface area contributed by atoms with Crippen molar-refractivity contribution in [1.82, 2.24) is 4.98 Å². The molecule has 1 N–H and O–H groups in total. The molecule has 24 heavy (non-hydrogen) atoms. The topological polar surface area (TPSA) is 76.1 Å². The lowest BCUT2D eigenvalue weighted by atomic mass is 10.2. The second-order valence-corrected chi connectivity index (χ2v) is 8.81. The number of carbonyl (C=O) groups excluding carboxylic acids is 1. The quantitative estimate of drug-likeness (QED) is 0.712. The van der Waals surface area contributed by atoms with Gasteiger partial charge < -0.3 is 0 Å². The molecule has 124 valence electrons. The first-order chi connectivity index (χ1) is 11.3. The zero-order valence-electron chi connectivity index (χ0n) is 12.2. The van der Waals surface area contributed by atoms with Crippen LogP contribution in [-0.4, -0.2) is 25.6 Å². The fourth-order valence-electron chi connectivity index (χ4n) is 2.02. The Kier molecular flexibility index (Phi) is 4.52. The van der Waals surface area contributed by atoms with Crippen LogP contribution in [0.25, 0.3) is 10.2 Å². The van der Waals surface area contributed by atoms with Gasteiger partial charge in [0.15, 0.2) is 15.0 Å². The number of rotatable bonds is 3. The number of thiazole rings is 1. The van der Waals surface area contributed by atoms with E-state index in [1.54, 1.807) is 12.1 Å². The van der Waals surface area contributed by atoms with Crippen molar-refractivity contribution >= 4 is 65.6 Å². The first-order valence-corrected chi connectivity index (χ1v) is 10.1. The highest BCUT2D eigenvalue weighted by Gasteiger charge is 2.14. The lowest BCUT2D eigenvalue weighted by Crippen LogP contribution is -2.11. The van der Waals surface area contributed by atoms with Crippen LogP contribution in [0.1, 0.15) is 10.4 Å². The molecule has 2 aromatic carbocycles. The average Bonchev–Trinajstić information content (AvgIpc) is 2.95. The van der Waals surface area contributed by atoms with E-state index in [-0.39, 0.29) is 4.90 Å². The zero-order chi connectivity index (χ0) is 17.5. The highest BCUT2D eigenvalue weighted by Crippen LogP contribution is 2.36. The van der Waals surface area contributed by atoms with Gasteiger partial charge in [-0.3, -0.25) is 10.1 Å². The molecule has 3 aromatic rings. The standard InChI is InChI=1S/C15H10Cl2N2O3S2/c1-24(21,22)9-4-2-8(3-5-9)14(20)19-15-18-12-10(16)6-7-11(17)13(12)23-15/h2-7H,1H3,(H,18,19,20). The van der Waals surface area contributed by atoms with Crippen LogP contribution < -0.4 is 5.32 Å². The molecule has 0 saturated carbocycles. The van der Waals surface area contributed by atoms with Crippen molar-refractivity contribution in [3.05, 3.63) is 52.0 Å². The Bertz CT molecular complexity index is 1010. The van der Waals surface area contributed by atoms with Crippen molar-refractivity contribution in [1.29, 1.82) is 0 Å². The van der Waals surface area contributed by atoms with Crippen molar-refractivity contribution in [3.8, 4) is 0 Å². The summed E-state index contributed by atoms with van der Waals surface area (Å²) in [5.41, 5.74) is 0.843. The van der Waals surface area contributed by atoms with E-state index in [1.165, 1.54) is 35.6 Å². The minimum Gasteiger partial charge on any atom is -0.298 e. The molecule has 3 rings (SSSR count). The second-order valence-electron chi connectivity index (χ2n) is 4.98. The first kappa shape index (κ1) is 17.2. The third-order valence-electron chi connectivity index (χ3n) is 3.21. The Balaban J connectivity index is 1.87. The van der Waals surface area contributed by atoms with E-state index in [2.05, 4.69) is 10.3 Å². The van der Waals surface area contributed by atoms with Crippen LogP contribution in [0, 0.1) is 0 Å². The maximum absolute atomic E-state index is 12.3. The Morgan fingerprint density at radius 3 is 2.29 bits per heavy atom. The summed E-state index contributed by atoms with van der Waals surface area (Å²) in [5.74, 6) is -0.402. The predicted molar refractivity (Wildman–Crippen MR) is 97.1 cm³/mol. The molecule has 0 unspecified atom stereocenters. The minimum atomic E-state index is -3.30. The lowest BCUT2D eigenvalue weighted by molar-refractivity contribution is 0.102. The van der Waals surface area contributed by atoms with Gasteiger partial charge >= 0.3 is 0 Å². The number of carbonyl (C=O) groups is 1. The molecule has 0 bridgehead atoms. The van der Waals surface area contributed by atoms with Crippen LogP contribution in [0.5, 0.6) is 0 Å². The van der Waals surface area contributed by atoms with E-state index < -0.39 is 15.7 Å². The fraction of sp³-hybridized carbons (Fsp3) is 0.0667. The van der Waals surface area contributed by atoms with Crippen LogP contribution >= 0.6 is 34.5 Å². The number of aromatic nitrogens is 1. The normalized spacial score (nSPS) is 11.6. The number of anilines is 1. The second kappa shape index (κ2) is 6.33. The van der Waals surface area contributed by atoms with Crippen molar-refractivity contribution in [2.75, 3.05) is 11.6 Å². The molecule has 1 aromatic heterocycles. The van der Waals surface area contributed by atoms with Crippen LogP contribution in [0.3, 0.4) is 0 Å². The van der Waals surface area contributed by atoms with Gasteiger partial charge in [-0.05, 0) is 36.4 Å². The summed E-state index contributed by atoms with van der Waals surface area (Å²) < 4.78 is 23.6. The average molecular weight is 401 g/mol. The number of amides is 1. The van der Waals surface area contributed by atoms with Gasteiger partial charge in [0.05, 0.1) is 19.6 Å². The molecule has 5 nitrogen and oxygen atoms in total. The van der Waals surface area contributed by atoms with Crippen molar-refractivity contribution in [2.24, 2.45) is 0 Å². The van der Waals surface area contributed by atoms with Gasteiger partial charge in [-0.15, -0.1) is 0 Å². The van der Waals surface area contributed by atoms with Gasteiger partial charge in [-0.1, -0.05) is 34.5 Å². The minimum absolute atomic E-state index is 0.151.